The van der Waals surface area contributed by atoms with Gasteiger partial charge in [-0.05, 0) is 121 Å². The van der Waals surface area contributed by atoms with Crippen LogP contribution in [0.3, 0.4) is 0 Å². The van der Waals surface area contributed by atoms with Gasteiger partial charge in [0.25, 0.3) is 0 Å². The van der Waals surface area contributed by atoms with Crippen LogP contribution < -0.4 is 9.47 Å². The Morgan fingerprint density at radius 3 is 1.30 bits per heavy atom. The van der Waals surface area contributed by atoms with Gasteiger partial charge in [0.1, 0.15) is 11.5 Å². The molecule has 0 aliphatic heterocycles. The van der Waals surface area contributed by atoms with Gasteiger partial charge in [-0.3, -0.25) is 0 Å². The third kappa shape index (κ3) is 14.1. The fourth-order valence-corrected chi connectivity index (χ4v) is 7.57. The number of ether oxygens (including phenoxy) is 2. The van der Waals surface area contributed by atoms with E-state index in [0.717, 1.165) is 70.2 Å². The maximum Gasteiger partial charge on any atom is 0.343 e. The minimum atomic E-state index is -0.449. The van der Waals surface area contributed by atoms with E-state index in [-0.39, 0.29) is 0 Å². The highest BCUT2D eigenvalue weighted by Crippen LogP contribution is 2.25. The van der Waals surface area contributed by atoms with Gasteiger partial charge in [0.15, 0.2) is 11.6 Å². The van der Waals surface area contributed by atoms with E-state index in [1.54, 1.807) is 48.5 Å². The lowest BCUT2D eigenvalue weighted by atomic mass is 10.0. The molecule has 0 N–H and O–H groups in total. The minimum absolute atomic E-state index is 0.429. The first-order valence-electron chi connectivity index (χ1n) is 23.5. The van der Waals surface area contributed by atoms with Crippen LogP contribution in [0.1, 0.15) is 134 Å². The van der Waals surface area contributed by atoms with Crippen molar-refractivity contribution in [1.29, 1.82) is 0 Å². The Balaban J connectivity index is 0.862. The lowest BCUT2D eigenvalue weighted by molar-refractivity contribution is 0.0725. The van der Waals surface area contributed by atoms with E-state index in [1.807, 2.05) is 97.6 Å². The molecule has 66 heavy (non-hydrogen) atoms. The maximum absolute atomic E-state index is 13.0. The molecule has 0 atom stereocenters. The van der Waals surface area contributed by atoms with E-state index in [1.165, 1.54) is 64.2 Å². The number of aryl methyl sites for hydroxylation is 2. The zero-order chi connectivity index (χ0) is 45.8. The molecule has 0 saturated carbocycles. The standard InChI is InChI=1S/C58H58N4O4/c1-3-5-7-9-11-13-16-45-39-59-55(60-40-45)48-24-28-50(29-25-48)57(63)65-53-34-22-43(23-35-53)20-21-44-18-15-19-52(38-44)47-32-36-54(37-33-47)66-58(64)51-30-26-49(27-31-51)56-61-41-46(42-62-56)17-14-12-10-8-6-4-2/h15,18-19,22-42H,3-14,16-17H2,1-2H3. The Morgan fingerprint density at radius 1 is 0.424 bits per heavy atom. The van der Waals surface area contributed by atoms with Crippen LogP contribution in [0.5, 0.6) is 11.5 Å². The number of nitrogens with zero attached hydrogens (tertiary/aromatic N) is 4. The van der Waals surface area contributed by atoms with Crippen LogP contribution in [0, 0.1) is 11.8 Å². The molecule has 2 aromatic heterocycles. The van der Waals surface area contributed by atoms with Crippen molar-refractivity contribution in [3.8, 4) is 57.2 Å². The van der Waals surface area contributed by atoms with Crippen LogP contribution in [0.4, 0.5) is 0 Å². The second-order valence-electron chi connectivity index (χ2n) is 16.7. The van der Waals surface area contributed by atoms with Crippen molar-refractivity contribution in [2.45, 2.75) is 104 Å². The van der Waals surface area contributed by atoms with Gasteiger partial charge in [0.2, 0.25) is 0 Å². The molecule has 8 nitrogen and oxygen atoms in total. The number of aromatic nitrogens is 4. The molecule has 8 heteroatoms. The number of benzene rings is 5. The summed E-state index contributed by atoms with van der Waals surface area (Å²) in [6.07, 6.45) is 24.7. The van der Waals surface area contributed by atoms with Crippen LogP contribution in [-0.2, 0) is 12.8 Å². The molecule has 0 radical (unpaired) electrons. The third-order valence-electron chi connectivity index (χ3n) is 11.5. The van der Waals surface area contributed by atoms with Gasteiger partial charge >= 0.3 is 11.9 Å². The lowest BCUT2D eigenvalue weighted by Gasteiger charge is -2.07. The molecule has 0 saturated heterocycles. The predicted octanol–water partition coefficient (Wildman–Crippen LogP) is 13.9. The molecule has 7 rings (SSSR count). The number of unbranched alkanes of at least 4 members (excludes halogenated alkanes) is 10. The van der Waals surface area contributed by atoms with E-state index < -0.39 is 11.9 Å². The van der Waals surface area contributed by atoms with Crippen molar-refractivity contribution < 1.29 is 19.1 Å². The SMILES string of the molecule is CCCCCCCCc1cnc(-c2ccc(C(=O)Oc3ccc(C#Cc4cccc(-c5ccc(OC(=O)c6ccc(-c7ncc(CCCCCCCC)cn7)cc6)cc5)c4)cc3)cc2)nc1. The summed E-state index contributed by atoms with van der Waals surface area (Å²) >= 11 is 0. The summed E-state index contributed by atoms with van der Waals surface area (Å²) in [5.41, 5.74) is 8.42. The van der Waals surface area contributed by atoms with E-state index in [2.05, 4.69) is 45.6 Å². The molecule has 0 spiro atoms. The Hall–Kier alpha value is -7.24. The lowest BCUT2D eigenvalue weighted by Crippen LogP contribution is -2.08. The molecule has 0 bridgehead atoms. The fourth-order valence-electron chi connectivity index (χ4n) is 7.57. The third-order valence-corrected chi connectivity index (χ3v) is 11.5. The first-order valence-corrected chi connectivity index (χ1v) is 23.5. The number of carbonyl (C=O) groups is 2. The van der Waals surface area contributed by atoms with Crippen LogP contribution in [0.2, 0.25) is 0 Å². The van der Waals surface area contributed by atoms with Crippen LogP contribution in [0.25, 0.3) is 33.9 Å². The predicted molar refractivity (Wildman–Crippen MR) is 263 cm³/mol. The van der Waals surface area contributed by atoms with Crippen molar-refractivity contribution in [1.82, 2.24) is 19.9 Å². The number of rotatable bonds is 21. The Bertz CT molecular complexity index is 2670. The second-order valence-corrected chi connectivity index (χ2v) is 16.7. The van der Waals surface area contributed by atoms with Gasteiger partial charge < -0.3 is 9.47 Å². The number of hydrogen-bond acceptors (Lipinski definition) is 8. The monoisotopic (exact) mass is 874 g/mol. The van der Waals surface area contributed by atoms with E-state index >= 15 is 0 Å². The van der Waals surface area contributed by atoms with Gasteiger partial charge in [-0.1, -0.05) is 138 Å². The maximum atomic E-state index is 13.0. The quantitative estimate of drug-likeness (QED) is 0.0304. The fraction of sp³-hybridized carbons (Fsp3) is 0.276. The summed E-state index contributed by atoms with van der Waals surface area (Å²) in [7, 11) is 0. The average molecular weight is 875 g/mol. The van der Waals surface area contributed by atoms with Crippen molar-refractivity contribution in [2.24, 2.45) is 0 Å². The highest BCUT2D eigenvalue weighted by Gasteiger charge is 2.12. The van der Waals surface area contributed by atoms with Gasteiger partial charge in [-0.25, -0.2) is 29.5 Å². The summed E-state index contributed by atoms with van der Waals surface area (Å²) in [4.78, 5) is 44.2. The number of hydrogen-bond donors (Lipinski definition) is 0. The first kappa shape index (κ1) is 46.7. The summed E-state index contributed by atoms with van der Waals surface area (Å²) in [6.45, 7) is 4.47. The molecule has 0 aliphatic carbocycles. The van der Waals surface area contributed by atoms with Crippen LogP contribution in [-0.4, -0.2) is 31.9 Å². The molecule has 5 aromatic carbocycles. The highest BCUT2D eigenvalue weighted by molar-refractivity contribution is 5.92. The van der Waals surface area contributed by atoms with E-state index in [0.29, 0.717) is 34.3 Å². The van der Waals surface area contributed by atoms with Crippen molar-refractivity contribution in [3.63, 3.8) is 0 Å². The molecule has 0 fully saturated rings. The Kier molecular flexibility index (Phi) is 17.5. The van der Waals surface area contributed by atoms with Gasteiger partial charge in [-0.15, -0.1) is 0 Å². The van der Waals surface area contributed by atoms with E-state index in [4.69, 9.17) is 9.47 Å². The highest BCUT2D eigenvalue weighted by atomic mass is 16.5. The summed E-state index contributed by atoms with van der Waals surface area (Å²) in [6, 6.07) is 36.8. The molecular weight excluding hydrogens is 817 g/mol. The molecule has 7 aromatic rings. The van der Waals surface area contributed by atoms with Gasteiger partial charge in [0, 0.05) is 47.0 Å². The molecule has 0 unspecified atom stereocenters. The van der Waals surface area contributed by atoms with Crippen molar-refractivity contribution in [3.05, 3.63) is 179 Å². The zero-order valence-corrected chi connectivity index (χ0v) is 38.2. The van der Waals surface area contributed by atoms with Crippen molar-refractivity contribution >= 4 is 11.9 Å². The van der Waals surface area contributed by atoms with Gasteiger partial charge in [-0.2, -0.15) is 0 Å². The smallest absolute Gasteiger partial charge is 0.343 e. The Labute approximate surface area is 390 Å². The first-order chi connectivity index (χ1) is 32.4. The number of esters is 2. The second kappa shape index (κ2) is 24.7. The molecule has 334 valence electrons. The normalized spacial score (nSPS) is 10.8. The topological polar surface area (TPSA) is 104 Å². The Morgan fingerprint density at radius 2 is 0.833 bits per heavy atom. The van der Waals surface area contributed by atoms with Gasteiger partial charge in [0.05, 0.1) is 11.1 Å². The van der Waals surface area contributed by atoms with Crippen LogP contribution in [0.15, 0.2) is 146 Å². The minimum Gasteiger partial charge on any atom is -0.423 e. The largest absolute Gasteiger partial charge is 0.423 e. The molecule has 0 aliphatic rings. The molecule has 2 heterocycles. The molecule has 0 amide bonds. The van der Waals surface area contributed by atoms with E-state index in [9.17, 15) is 9.59 Å². The molecular formula is C58H58N4O4. The summed E-state index contributed by atoms with van der Waals surface area (Å²) < 4.78 is 11.4. The van der Waals surface area contributed by atoms with Crippen LogP contribution >= 0.6 is 0 Å². The summed E-state index contributed by atoms with van der Waals surface area (Å²) in [5.74, 6) is 7.69. The average Bonchev–Trinajstić information content (AvgIpc) is 3.36. The summed E-state index contributed by atoms with van der Waals surface area (Å²) in [5, 5.41) is 0. The zero-order valence-electron chi connectivity index (χ0n) is 38.2. The van der Waals surface area contributed by atoms with Crippen molar-refractivity contribution in [2.75, 3.05) is 0 Å². The number of carbonyl (C=O) groups excluding carboxylic acids is 2.